The summed E-state index contributed by atoms with van der Waals surface area (Å²) in [5.74, 6) is 0.151. The van der Waals surface area contributed by atoms with E-state index < -0.39 is 5.41 Å². The SMILES string of the molecule is COc1ccc(F)cc1CC(=O)N1CCCN(C(=O)C(C)(C)C)CC1. The van der Waals surface area contributed by atoms with Crippen LogP contribution in [0.4, 0.5) is 4.39 Å². The van der Waals surface area contributed by atoms with Crippen molar-refractivity contribution in [1.29, 1.82) is 0 Å². The molecule has 1 heterocycles. The van der Waals surface area contributed by atoms with E-state index in [0.717, 1.165) is 6.42 Å². The van der Waals surface area contributed by atoms with Gasteiger partial charge in [-0.2, -0.15) is 0 Å². The Morgan fingerprint density at radius 3 is 2.40 bits per heavy atom. The van der Waals surface area contributed by atoms with Crippen molar-refractivity contribution in [2.24, 2.45) is 5.41 Å². The van der Waals surface area contributed by atoms with Gasteiger partial charge in [0, 0.05) is 37.2 Å². The van der Waals surface area contributed by atoms with Gasteiger partial charge in [-0.25, -0.2) is 4.39 Å². The van der Waals surface area contributed by atoms with Gasteiger partial charge in [0.1, 0.15) is 11.6 Å². The average molecular weight is 350 g/mol. The zero-order valence-electron chi connectivity index (χ0n) is 15.5. The molecule has 1 aliphatic rings. The molecule has 0 saturated carbocycles. The summed E-state index contributed by atoms with van der Waals surface area (Å²) < 4.78 is 18.7. The van der Waals surface area contributed by atoms with Gasteiger partial charge >= 0.3 is 0 Å². The number of methoxy groups -OCH3 is 1. The number of amides is 2. The van der Waals surface area contributed by atoms with Crippen LogP contribution in [0.3, 0.4) is 0 Å². The summed E-state index contributed by atoms with van der Waals surface area (Å²) in [5, 5.41) is 0. The molecule has 6 heteroatoms. The largest absolute Gasteiger partial charge is 0.496 e. The van der Waals surface area contributed by atoms with Gasteiger partial charge in [-0.3, -0.25) is 9.59 Å². The highest BCUT2D eigenvalue weighted by Gasteiger charge is 2.29. The zero-order chi connectivity index (χ0) is 18.6. The number of halogens is 1. The predicted molar refractivity (Wildman–Crippen MR) is 93.9 cm³/mol. The molecule has 138 valence electrons. The van der Waals surface area contributed by atoms with Crippen molar-refractivity contribution in [3.63, 3.8) is 0 Å². The topological polar surface area (TPSA) is 49.9 Å². The fourth-order valence-corrected chi connectivity index (χ4v) is 3.00. The molecule has 1 aromatic rings. The molecule has 0 radical (unpaired) electrons. The van der Waals surface area contributed by atoms with Crippen LogP contribution in [0.1, 0.15) is 32.8 Å². The molecular weight excluding hydrogens is 323 g/mol. The lowest BCUT2D eigenvalue weighted by atomic mass is 9.94. The second-order valence-corrected chi connectivity index (χ2v) is 7.41. The molecule has 1 saturated heterocycles. The van der Waals surface area contributed by atoms with Crippen LogP contribution < -0.4 is 4.74 Å². The molecule has 0 N–H and O–H groups in total. The van der Waals surface area contributed by atoms with E-state index in [1.165, 1.54) is 25.3 Å². The predicted octanol–water partition coefficient (Wildman–Crippen LogP) is 2.48. The van der Waals surface area contributed by atoms with E-state index in [0.29, 0.717) is 37.5 Å². The van der Waals surface area contributed by atoms with Crippen LogP contribution in [-0.2, 0) is 16.0 Å². The number of benzene rings is 1. The van der Waals surface area contributed by atoms with Crippen molar-refractivity contribution in [2.45, 2.75) is 33.6 Å². The van der Waals surface area contributed by atoms with Crippen LogP contribution in [-0.4, -0.2) is 54.9 Å². The summed E-state index contributed by atoms with van der Waals surface area (Å²) in [6, 6.07) is 4.18. The number of rotatable bonds is 3. The quantitative estimate of drug-likeness (QED) is 0.841. The molecule has 0 aliphatic carbocycles. The highest BCUT2D eigenvalue weighted by atomic mass is 19.1. The van der Waals surface area contributed by atoms with Gasteiger partial charge in [-0.05, 0) is 24.6 Å². The van der Waals surface area contributed by atoms with Crippen molar-refractivity contribution >= 4 is 11.8 Å². The molecule has 1 aliphatic heterocycles. The third-order valence-corrected chi connectivity index (χ3v) is 4.36. The van der Waals surface area contributed by atoms with Crippen molar-refractivity contribution < 1.29 is 18.7 Å². The second-order valence-electron chi connectivity index (χ2n) is 7.41. The Hall–Kier alpha value is -2.11. The molecule has 0 aromatic heterocycles. The highest BCUT2D eigenvalue weighted by molar-refractivity contribution is 5.82. The maximum atomic E-state index is 13.5. The molecular formula is C19H27FN2O3. The first-order valence-electron chi connectivity index (χ1n) is 8.62. The first kappa shape index (κ1) is 19.2. The molecule has 1 aromatic carbocycles. The standard InChI is InChI=1S/C19H27FN2O3/c1-19(2,3)18(24)22-9-5-8-21(10-11-22)17(23)13-14-12-15(20)6-7-16(14)25-4/h6-7,12H,5,8-11,13H2,1-4H3. The van der Waals surface area contributed by atoms with Crippen LogP contribution in [0.15, 0.2) is 18.2 Å². The Kier molecular flexibility index (Phi) is 6.03. The molecule has 0 spiro atoms. The summed E-state index contributed by atoms with van der Waals surface area (Å²) in [5.41, 5.74) is 0.119. The molecule has 25 heavy (non-hydrogen) atoms. The van der Waals surface area contributed by atoms with E-state index in [1.807, 2.05) is 25.7 Å². The van der Waals surface area contributed by atoms with Gasteiger partial charge in [0.2, 0.25) is 11.8 Å². The zero-order valence-corrected chi connectivity index (χ0v) is 15.5. The van der Waals surface area contributed by atoms with Crippen LogP contribution >= 0.6 is 0 Å². The Labute approximate surface area is 148 Å². The number of hydrogen-bond donors (Lipinski definition) is 0. The van der Waals surface area contributed by atoms with Crippen molar-refractivity contribution in [3.8, 4) is 5.75 Å². The van der Waals surface area contributed by atoms with Gasteiger partial charge in [-0.15, -0.1) is 0 Å². The molecule has 0 atom stereocenters. The van der Waals surface area contributed by atoms with Crippen molar-refractivity contribution in [1.82, 2.24) is 9.80 Å². The fraction of sp³-hybridized carbons (Fsp3) is 0.579. The van der Waals surface area contributed by atoms with Crippen LogP contribution in [0.5, 0.6) is 5.75 Å². The van der Waals surface area contributed by atoms with Crippen LogP contribution in [0.25, 0.3) is 0 Å². The van der Waals surface area contributed by atoms with Gasteiger partial charge < -0.3 is 14.5 Å². The number of hydrogen-bond acceptors (Lipinski definition) is 3. The number of ether oxygens (including phenoxy) is 1. The summed E-state index contributed by atoms with van der Waals surface area (Å²) >= 11 is 0. The normalized spacial score (nSPS) is 15.7. The minimum Gasteiger partial charge on any atom is -0.496 e. The summed E-state index contributed by atoms with van der Waals surface area (Å²) in [4.78, 5) is 28.6. The summed E-state index contributed by atoms with van der Waals surface area (Å²) in [7, 11) is 1.50. The number of carbonyl (C=O) groups excluding carboxylic acids is 2. The fourth-order valence-electron chi connectivity index (χ4n) is 3.00. The summed E-state index contributed by atoms with van der Waals surface area (Å²) in [6.07, 6.45) is 0.835. The average Bonchev–Trinajstić information content (AvgIpc) is 2.79. The van der Waals surface area contributed by atoms with E-state index in [9.17, 15) is 14.0 Å². The second kappa shape index (κ2) is 7.85. The van der Waals surface area contributed by atoms with Crippen LogP contribution in [0, 0.1) is 11.2 Å². The van der Waals surface area contributed by atoms with Gasteiger partial charge in [0.25, 0.3) is 0 Å². The van der Waals surface area contributed by atoms with Crippen LogP contribution in [0.2, 0.25) is 0 Å². The van der Waals surface area contributed by atoms with E-state index in [-0.39, 0.29) is 24.1 Å². The molecule has 0 unspecified atom stereocenters. The molecule has 2 amide bonds. The lowest BCUT2D eigenvalue weighted by molar-refractivity contribution is -0.139. The first-order valence-corrected chi connectivity index (χ1v) is 8.62. The monoisotopic (exact) mass is 350 g/mol. The smallest absolute Gasteiger partial charge is 0.228 e. The minimum absolute atomic E-state index is 0.0750. The van der Waals surface area contributed by atoms with Gasteiger partial charge in [0.05, 0.1) is 13.5 Å². The van der Waals surface area contributed by atoms with Crippen molar-refractivity contribution in [2.75, 3.05) is 33.3 Å². The molecule has 2 rings (SSSR count). The van der Waals surface area contributed by atoms with Crippen molar-refractivity contribution in [3.05, 3.63) is 29.6 Å². The maximum Gasteiger partial charge on any atom is 0.228 e. The lowest BCUT2D eigenvalue weighted by Crippen LogP contribution is -2.42. The third kappa shape index (κ3) is 4.94. The Balaban J connectivity index is 2.02. The Morgan fingerprint density at radius 1 is 1.12 bits per heavy atom. The van der Waals surface area contributed by atoms with E-state index in [4.69, 9.17) is 4.74 Å². The molecule has 5 nitrogen and oxygen atoms in total. The molecule has 0 bridgehead atoms. The Bertz CT molecular complexity index is 640. The highest BCUT2D eigenvalue weighted by Crippen LogP contribution is 2.22. The third-order valence-electron chi connectivity index (χ3n) is 4.36. The van der Waals surface area contributed by atoms with E-state index in [2.05, 4.69) is 0 Å². The minimum atomic E-state index is -0.423. The van der Waals surface area contributed by atoms with E-state index >= 15 is 0 Å². The summed E-state index contributed by atoms with van der Waals surface area (Å²) in [6.45, 7) is 7.99. The number of nitrogens with zero attached hydrogens (tertiary/aromatic N) is 2. The van der Waals surface area contributed by atoms with Gasteiger partial charge in [-0.1, -0.05) is 20.8 Å². The molecule has 1 fully saturated rings. The maximum absolute atomic E-state index is 13.5. The van der Waals surface area contributed by atoms with Gasteiger partial charge in [0.15, 0.2) is 0 Å². The first-order chi connectivity index (χ1) is 11.7. The van der Waals surface area contributed by atoms with E-state index in [1.54, 1.807) is 4.90 Å². The Morgan fingerprint density at radius 2 is 1.76 bits per heavy atom. The lowest BCUT2D eigenvalue weighted by Gasteiger charge is -2.28. The number of carbonyl (C=O) groups is 2.